The monoisotopic (exact) mass is 288 g/mol. The maximum Gasteiger partial charge on any atom is 0.226 e. The van der Waals surface area contributed by atoms with Gasteiger partial charge in [-0.1, -0.05) is 24.3 Å². The Kier molecular flexibility index (Phi) is 4.90. The predicted octanol–water partition coefficient (Wildman–Crippen LogP) is 2.95. The van der Waals surface area contributed by atoms with Crippen molar-refractivity contribution in [1.29, 1.82) is 0 Å². The van der Waals surface area contributed by atoms with E-state index in [9.17, 15) is 9.59 Å². The number of carbonyl (C=O) groups is 2. The lowest BCUT2D eigenvalue weighted by molar-refractivity contribution is -0.120. The van der Waals surface area contributed by atoms with Crippen LogP contribution in [0.25, 0.3) is 0 Å². The average Bonchev–Trinajstić information content (AvgIpc) is 2.92. The fourth-order valence-corrected chi connectivity index (χ4v) is 2.65. The summed E-state index contributed by atoms with van der Waals surface area (Å²) in [6.45, 7) is 1.45. The Morgan fingerprint density at radius 2 is 1.90 bits per heavy atom. The number of hydrogen-bond donors (Lipinski definition) is 2. The molecule has 0 bridgehead atoms. The summed E-state index contributed by atoms with van der Waals surface area (Å²) in [7, 11) is 0. The lowest BCUT2D eigenvalue weighted by Gasteiger charge is -2.16. The van der Waals surface area contributed by atoms with Gasteiger partial charge in [-0.05, 0) is 23.6 Å². The van der Waals surface area contributed by atoms with Crippen LogP contribution in [0.4, 0.5) is 5.69 Å². The van der Waals surface area contributed by atoms with E-state index in [-0.39, 0.29) is 24.3 Å². The minimum atomic E-state index is -0.281. The van der Waals surface area contributed by atoms with Crippen LogP contribution in [0.15, 0.2) is 47.8 Å². The summed E-state index contributed by atoms with van der Waals surface area (Å²) < 4.78 is 0. The van der Waals surface area contributed by atoms with Crippen molar-refractivity contribution < 1.29 is 9.59 Å². The molecule has 2 aromatic rings. The Balaban J connectivity index is 2.00. The molecule has 0 saturated carbocycles. The van der Waals surface area contributed by atoms with Crippen molar-refractivity contribution in [3.8, 4) is 0 Å². The smallest absolute Gasteiger partial charge is 0.226 e. The SMILES string of the molecule is CC(=O)N[C@H](CC(=O)Nc1ccccc1)c1cccs1. The van der Waals surface area contributed by atoms with Crippen LogP contribution in [-0.2, 0) is 9.59 Å². The molecule has 0 saturated heterocycles. The van der Waals surface area contributed by atoms with Gasteiger partial charge in [-0.2, -0.15) is 0 Å². The molecular formula is C15H16N2O2S. The van der Waals surface area contributed by atoms with Crippen molar-refractivity contribution >= 4 is 28.8 Å². The summed E-state index contributed by atoms with van der Waals surface area (Å²) in [6, 6.07) is 12.8. The van der Waals surface area contributed by atoms with Gasteiger partial charge in [0, 0.05) is 17.5 Å². The fraction of sp³-hybridized carbons (Fsp3) is 0.200. The normalized spacial score (nSPS) is 11.7. The maximum absolute atomic E-state index is 12.0. The highest BCUT2D eigenvalue weighted by atomic mass is 32.1. The molecule has 0 unspecified atom stereocenters. The maximum atomic E-state index is 12.0. The second-order valence-electron chi connectivity index (χ2n) is 4.39. The topological polar surface area (TPSA) is 58.2 Å². The van der Waals surface area contributed by atoms with Crippen LogP contribution in [0.3, 0.4) is 0 Å². The highest BCUT2D eigenvalue weighted by Gasteiger charge is 2.17. The molecule has 1 heterocycles. The summed E-state index contributed by atoms with van der Waals surface area (Å²) in [6.07, 6.45) is 0.217. The second-order valence-corrected chi connectivity index (χ2v) is 5.37. The van der Waals surface area contributed by atoms with E-state index in [4.69, 9.17) is 0 Å². The van der Waals surface area contributed by atoms with Crippen molar-refractivity contribution in [2.45, 2.75) is 19.4 Å². The molecule has 4 nitrogen and oxygen atoms in total. The fourth-order valence-electron chi connectivity index (χ4n) is 1.88. The van der Waals surface area contributed by atoms with Gasteiger partial charge < -0.3 is 10.6 Å². The molecule has 0 aliphatic heterocycles. The van der Waals surface area contributed by atoms with Crippen molar-refractivity contribution in [3.63, 3.8) is 0 Å². The van der Waals surface area contributed by atoms with Crippen LogP contribution in [0.2, 0.25) is 0 Å². The number of amides is 2. The molecule has 1 aromatic carbocycles. The van der Waals surface area contributed by atoms with Crippen LogP contribution >= 0.6 is 11.3 Å². The van der Waals surface area contributed by atoms with Gasteiger partial charge in [-0.3, -0.25) is 9.59 Å². The van der Waals surface area contributed by atoms with E-state index in [0.717, 1.165) is 10.6 Å². The number of nitrogens with one attached hydrogen (secondary N) is 2. The molecule has 0 aliphatic rings. The Morgan fingerprint density at radius 3 is 2.50 bits per heavy atom. The molecule has 0 spiro atoms. The van der Waals surface area contributed by atoms with Crippen LogP contribution in [0, 0.1) is 0 Å². The number of thiophene rings is 1. The molecule has 20 heavy (non-hydrogen) atoms. The standard InChI is InChI=1S/C15H16N2O2S/c1-11(18)16-13(14-8-5-9-20-14)10-15(19)17-12-6-3-2-4-7-12/h2-9,13H,10H2,1H3,(H,16,18)(H,17,19)/t13-/m1/s1. The summed E-state index contributed by atoms with van der Waals surface area (Å²) in [5.74, 6) is -0.265. The van der Waals surface area contributed by atoms with Gasteiger partial charge in [0.25, 0.3) is 0 Å². The first-order chi connectivity index (χ1) is 9.65. The number of hydrogen-bond acceptors (Lipinski definition) is 3. The van der Waals surface area contributed by atoms with Crippen molar-refractivity contribution in [1.82, 2.24) is 5.32 Å². The summed E-state index contributed by atoms with van der Waals surface area (Å²) in [4.78, 5) is 24.3. The van der Waals surface area contributed by atoms with E-state index >= 15 is 0 Å². The van der Waals surface area contributed by atoms with E-state index in [2.05, 4.69) is 10.6 Å². The van der Waals surface area contributed by atoms with Crippen LogP contribution in [0.5, 0.6) is 0 Å². The average molecular weight is 288 g/mol. The van der Waals surface area contributed by atoms with Crippen LogP contribution in [0.1, 0.15) is 24.3 Å². The first-order valence-electron chi connectivity index (χ1n) is 6.30. The number of anilines is 1. The van der Waals surface area contributed by atoms with Crippen molar-refractivity contribution in [3.05, 3.63) is 52.7 Å². The number of rotatable bonds is 5. The van der Waals surface area contributed by atoms with Gasteiger partial charge in [-0.15, -0.1) is 11.3 Å². The van der Waals surface area contributed by atoms with E-state index < -0.39 is 0 Å². The van der Waals surface area contributed by atoms with Gasteiger partial charge in [0.15, 0.2) is 0 Å². The van der Waals surface area contributed by atoms with Gasteiger partial charge >= 0.3 is 0 Å². The van der Waals surface area contributed by atoms with Gasteiger partial charge in [-0.25, -0.2) is 0 Å². The van der Waals surface area contributed by atoms with Crippen molar-refractivity contribution in [2.24, 2.45) is 0 Å². The van der Waals surface area contributed by atoms with Gasteiger partial charge in [0.05, 0.1) is 12.5 Å². The van der Waals surface area contributed by atoms with E-state index in [1.54, 1.807) is 0 Å². The number of carbonyl (C=O) groups excluding carboxylic acids is 2. The Hall–Kier alpha value is -2.14. The molecule has 2 rings (SSSR count). The Bertz CT molecular complexity index is 567. The molecule has 0 aliphatic carbocycles. The quantitative estimate of drug-likeness (QED) is 0.888. The number of benzene rings is 1. The minimum Gasteiger partial charge on any atom is -0.348 e. The van der Waals surface area contributed by atoms with E-state index in [1.165, 1.54) is 18.3 Å². The molecule has 1 aromatic heterocycles. The summed E-state index contributed by atoms with van der Waals surface area (Å²) >= 11 is 1.53. The lowest BCUT2D eigenvalue weighted by Crippen LogP contribution is -2.29. The molecule has 1 atom stereocenters. The van der Waals surface area contributed by atoms with Gasteiger partial charge in [0.2, 0.25) is 11.8 Å². The molecule has 5 heteroatoms. The highest BCUT2D eigenvalue weighted by molar-refractivity contribution is 7.10. The third kappa shape index (κ3) is 4.20. The molecule has 0 radical (unpaired) electrons. The second kappa shape index (κ2) is 6.86. The number of para-hydroxylation sites is 1. The summed E-state index contributed by atoms with van der Waals surface area (Å²) in [5, 5.41) is 7.56. The molecule has 0 fully saturated rings. The highest BCUT2D eigenvalue weighted by Crippen LogP contribution is 2.22. The first-order valence-corrected chi connectivity index (χ1v) is 7.18. The summed E-state index contributed by atoms with van der Waals surface area (Å²) in [5.41, 5.74) is 0.755. The zero-order chi connectivity index (χ0) is 14.4. The lowest BCUT2D eigenvalue weighted by atomic mass is 10.1. The third-order valence-corrected chi connectivity index (χ3v) is 3.70. The molecule has 104 valence electrons. The minimum absolute atomic E-state index is 0.122. The zero-order valence-corrected chi connectivity index (χ0v) is 11.9. The zero-order valence-electron chi connectivity index (χ0n) is 11.1. The van der Waals surface area contributed by atoms with Crippen molar-refractivity contribution in [2.75, 3.05) is 5.32 Å². The van der Waals surface area contributed by atoms with E-state index in [1.807, 2.05) is 47.8 Å². The largest absolute Gasteiger partial charge is 0.348 e. The van der Waals surface area contributed by atoms with Crippen LogP contribution in [-0.4, -0.2) is 11.8 Å². The Morgan fingerprint density at radius 1 is 1.15 bits per heavy atom. The molecule has 2 N–H and O–H groups in total. The van der Waals surface area contributed by atoms with Gasteiger partial charge in [0.1, 0.15) is 0 Å². The first kappa shape index (κ1) is 14.3. The third-order valence-electron chi connectivity index (χ3n) is 2.71. The Labute approximate surface area is 121 Å². The van der Waals surface area contributed by atoms with E-state index in [0.29, 0.717) is 0 Å². The molecule has 2 amide bonds. The van der Waals surface area contributed by atoms with Crippen LogP contribution < -0.4 is 10.6 Å². The molecular weight excluding hydrogens is 272 g/mol. The predicted molar refractivity (Wildman–Crippen MR) is 80.6 cm³/mol.